The summed E-state index contributed by atoms with van der Waals surface area (Å²) in [5, 5.41) is 3.32. The van der Waals surface area contributed by atoms with Crippen molar-refractivity contribution in [1.82, 2.24) is 9.21 Å². The van der Waals surface area contributed by atoms with Gasteiger partial charge in [-0.05, 0) is 63.1 Å². The molecule has 1 aromatic carbocycles. The Morgan fingerprint density at radius 3 is 2.56 bits per heavy atom. The molecule has 8 nitrogen and oxygen atoms in total. The largest absolute Gasteiger partial charge is 0.462 e. The van der Waals surface area contributed by atoms with Gasteiger partial charge in [-0.15, -0.1) is 11.3 Å². The molecule has 0 spiro atoms. The van der Waals surface area contributed by atoms with Crippen LogP contribution in [0, 0.1) is 0 Å². The van der Waals surface area contributed by atoms with E-state index in [1.807, 2.05) is 7.05 Å². The third-order valence-electron chi connectivity index (χ3n) is 5.81. The highest BCUT2D eigenvalue weighted by molar-refractivity contribution is 7.89. The number of amides is 1. The number of nitrogens with zero attached hydrogens (tertiary/aromatic N) is 2. The highest BCUT2D eigenvalue weighted by Gasteiger charge is 2.35. The molecule has 1 aromatic heterocycles. The summed E-state index contributed by atoms with van der Waals surface area (Å²) in [5.74, 6) is -0.837. The monoisotopic (exact) mass is 477 g/mol. The van der Waals surface area contributed by atoms with Crippen molar-refractivity contribution in [1.29, 1.82) is 0 Å². The number of carbonyl (C=O) groups excluding carboxylic acids is 2. The van der Waals surface area contributed by atoms with Crippen LogP contribution in [0.25, 0.3) is 0 Å². The van der Waals surface area contributed by atoms with Crippen molar-refractivity contribution in [3.63, 3.8) is 0 Å². The maximum Gasteiger partial charge on any atom is 0.341 e. The van der Waals surface area contributed by atoms with E-state index in [0.717, 1.165) is 29.8 Å². The highest BCUT2D eigenvalue weighted by atomic mass is 32.2. The van der Waals surface area contributed by atoms with Crippen molar-refractivity contribution in [2.75, 3.05) is 32.6 Å². The van der Waals surface area contributed by atoms with Crippen LogP contribution >= 0.6 is 11.3 Å². The van der Waals surface area contributed by atoms with Crippen molar-refractivity contribution in [2.45, 2.75) is 43.7 Å². The average molecular weight is 478 g/mol. The lowest BCUT2D eigenvalue weighted by Gasteiger charge is -2.22. The molecule has 1 aliphatic heterocycles. The Kier molecular flexibility index (Phi) is 6.39. The maximum atomic E-state index is 12.9. The highest BCUT2D eigenvalue weighted by Crippen LogP contribution is 2.37. The molecule has 2 aromatic rings. The number of sulfonamides is 1. The molecule has 1 saturated carbocycles. The molecule has 0 unspecified atom stereocenters. The lowest BCUT2D eigenvalue weighted by Crippen LogP contribution is -2.29. The number of hydrogen-bond acceptors (Lipinski definition) is 7. The van der Waals surface area contributed by atoms with E-state index in [0.29, 0.717) is 29.1 Å². The Morgan fingerprint density at radius 1 is 1.25 bits per heavy atom. The SMILES string of the molecule is CCOC(=O)c1c(NC(=O)c2ccc(S(=O)(=O)N(C)C3CC3)cc2)sc2c1CCN(C)C2. The zero-order valence-corrected chi connectivity index (χ0v) is 20.0. The fraction of sp³-hybridized carbons (Fsp3) is 0.455. The van der Waals surface area contributed by atoms with Crippen LogP contribution in [-0.2, 0) is 27.7 Å². The van der Waals surface area contributed by atoms with Gasteiger partial charge in [0.2, 0.25) is 10.0 Å². The molecule has 0 saturated heterocycles. The number of esters is 1. The van der Waals surface area contributed by atoms with E-state index in [1.165, 1.54) is 39.9 Å². The van der Waals surface area contributed by atoms with E-state index in [9.17, 15) is 18.0 Å². The molecule has 10 heteroatoms. The van der Waals surface area contributed by atoms with Gasteiger partial charge in [-0.25, -0.2) is 13.2 Å². The van der Waals surface area contributed by atoms with Crippen LogP contribution in [0.2, 0.25) is 0 Å². The van der Waals surface area contributed by atoms with E-state index in [2.05, 4.69) is 10.2 Å². The Labute approximate surface area is 192 Å². The van der Waals surface area contributed by atoms with E-state index >= 15 is 0 Å². The zero-order valence-electron chi connectivity index (χ0n) is 18.4. The van der Waals surface area contributed by atoms with E-state index in [4.69, 9.17) is 4.74 Å². The second-order valence-electron chi connectivity index (χ2n) is 8.15. The van der Waals surface area contributed by atoms with Crippen LogP contribution in [0.3, 0.4) is 0 Å². The van der Waals surface area contributed by atoms with Crippen LogP contribution in [0.5, 0.6) is 0 Å². The van der Waals surface area contributed by atoms with Crippen molar-refractivity contribution in [3.05, 3.63) is 45.8 Å². The van der Waals surface area contributed by atoms with E-state index < -0.39 is 21.9 Å². The quantitative estimate of drug-likeness (QED) is 0.616. The topological polar surface area (TPSA) is 96.0 Å². The number of hydrogen-bond donors (Lipinski definition) is 1. The number of thiophene rings is 1. The first-order valence-corrected chi connectivity index (χ1v) is 12.9. The second kappa shape index (κ2) is 8.93. The molecule has 1 aliphatic carbocycles. The molecule has 4 rings (SSSR count). The minimum Gasteiger partial charge on any atom is -0.462 e. The summed E-state index contributed by atoms with van der Waals surface area (Å²) in [5.41, 5.74) is 1.68. The second-order valence-corrected chi connectivity index (χ2v) is 11.2. The molecule has 0 atom stereocenters. The van der Waals surface area contributed by atoms with Gasteiger partial charge in [0, 0.05) is 36.6 Å². The third kappa shape index (κ3) is 4.45. The first kappa shape index (κ1) is 22.9. The predicted molar refractivity (Wildman–Crippen MR) is 123 cm³/mol. The summed E-state index contributed by atoms with van der Waals surface area (Å²) in [7, 11) is 0.0281. The maximum absolute atomic E-state index is 12.9. The molecular weight excluding hydrogens is 450 g/mol. The lowest BCUT2D eigenvalue weighted by atomic mass is 10.0. The zero-order chi connectivity index (χ0) is 23.0. The Bertz CT molecular complexity index is 1140. The van der Waals surface area contributed by atoms with E-state index in [1.54, 1.807) is 14.0 Å². The molecule has 1 amide bonds. The summed E-state index contributed by atoms with van der Waals surface area (Å²) in [6.45, 7) is 3.54. The van der Waals surface area contributed by atoms with Crippen LogP contribution < -0.4 is 5.32 Å². The number of fused-ring (bicyclic) bond motifs is 1. The molecule has 2 aliphatic rings. The summed E-state index contributed by atoms with van der Waals surface area (Å²) in [4.78, 5) is 28.9. The van der Waals surface area contributed by atoms with Gasteiger partial charge < -0.3 is 15.0 Å². The van der Waals surface area contributed by atoms with E-state index in [-0.39, 0.29) is 17.5 Å². The van der Waals surface area contributed by atoms with Gasteiger partial charge in [0.05, 0.1) is 17.1 Å². The standard InChI is InChI=1S/C22H27N3O5S2/c1-4-30-22(27)19-17-11-12-24(2)13-18(17)31-21(19)23-20(26)14-5-9-16(10-6-14)32(28,29)25(3)15-7-8-15/h5-6,9-10,15H,4,7-8,11-13H2,1-3H3,(H,23,26). The van der Waals surface area contributed by atoms with Gasteiger partial charge in [-0.3, -0.25) is 4.79 Å². The minimum absolute atomic E-state index is 0.0631. The summed E-state index contributed by atoms with van der Waals surface area (Å²) in [6, 6.07) is 5.95. The van der Waals surface area contributed by atoms with Crippen LogP contribution in [-0.4, -0.2) is 62.8 Å². The van der Waals surface area contributed by atoms with Gasteiger partial charge >= 0.3 is 5.97 Å². The van der Waals surface area contributed by atoms with Crippen LogP contribution in [0.15, 0.2) is 29.2 Å². The third-order valence-corrected chi connectivity index (χ3v) is 8.87. The summed E-state index contributed by atoms with van der Waals surface area (Å²) in [6.07, 6.45) is 2.46. The molecule has 172 valence electrons. The number of nitrogens with one attached hydrogen (secondary N) is 1. The number of benzene rings is 1. The van der Waals surface area contributed by atoms with Crippen LogP contribution in [0.1, 0.15) is 50.9 Å². The van der Waals surface area contributed by atoms with Crippen molar-refractivity contribution in [2.24, 2.45) is 0 Å². The molecule has 0 bridgehead atoms. The van der Waals surface area contributed by atoms with Crippen molar-refractivity contribution in [3.8, 4) is 0 Å². The number of anilines is 1. The molecular formula is C22H27N3O5S2. The van der Waals surface area contributed by atoms with Crippen molar-refractivity contribution < 1.29 is 22.7 Å². The molecule has 1 fully saturated rings. The molecule has 32 heavy (non-hydrogen) atoms. The Balaban J connectivity index is 1.57. The average Bonchev–Trinajstić information content (AvgIpc) is 3.54. The normalized spacial score (nSPS) is 16.6. The van der Waals surface area contributed by atoms with Gasteiger partial charge in [0.25, 0.3) is 5.91 Å². The Morgan fingerprint density at radius 2 is 1.94 bits per heavy atom. The molecule has 0 radical (unpaired) electrons. The summed E-state index contributed by atoms with van der Waals surface area (Å²) >= 11 is 1.39. The molecule has 1 N–H and O–H groups in total. The fourth-order valence-corrected chi connectivity index (χ4v) is 6.52. The minimum atomic E-state index is -3.57. The van der Waals surface area contributed by atoms with Crippen molar-refractivity contribution >= 4 is 38.2 Å². The Hall–Kier alpha value is -2.27. The number of rotatable bonds is 7. The van der Waals surface area contributed by atoms with Gasteiger partial charge in [-0.2, -0.15) is 4.31 Å². The number of carbonyl (C=O) groups is 2. The first-order chi connectivity index (χ1) is 15.2. The number of likely N-dealkylation sites (N-methyl/N-ethyl adjacent to an activating group) is 1. The van der Waals surface area contributed by atoms with Gasteiger partial charge in [0.1, 0.15) is 5.00 Å². The number of ether oxygens (including phenoxy) is 1. The first-order valence-electron chi connectivity index (χ1n) is 10.6. The van der Waals surface area contributed by atoms with Gasteiger partial charge in [0.15, 0.2) is 0 Å². The van der Waals surface area contributed by atoms with Crippen LogP contribution in [0.4, 0.5) is 5.00 Å². The predicted octanol–water partition coefficient (Wildman–Crippen LogP) is 2.95. The fourth-order valence-electron chi connectivity index (χ4n) is 3.79. The molecule has 2 heterocycles. The smallest absolute Gasteiger partial charge is 0.341 e. The summed E-state index contributed by atoms with van der Waals surface area (Å²) < 4.78 is 32.0. The lowest BCUT2D eigenvalue weighted by molar-refractivity contribution is 0.0526. The van der Waals surface area contributed by atoms with Gasteiger partial charge in [-0.1, -0.05) is 0 Å².